The number of pyridine rings is 1. The standard InChI is InChI=1S/C16H15N5OS/c1-20-15(22)7-11(19-16(20)17)10-4-5-14-18-8-12(21(14)9-10)13-3-2-6-23-13/h2-6,8-9,11H,7H2,1H3,(H2,17,19). The summed E-state index contributed by atoms with van der Waals surface area (Å²) < 4.78 is 2.04. The average molecular weight is 325 g/mol. The quantitative estimate of drug-likeness (QED) is 0.785. The van der Waals surface area contributed by atoms with Crippen molar-refractivity contribution in [2.75, 3.05) is 7.05 Å². The first-order valence-electron chi connectivity index (χ1n) is 7.24. The molecule has 2 N–H and O–H groups in total. The van der Waals surface area contributed by atoms with Crippen LogP contribution < -0.4 is 5.73 Å². The third kappa shape index (κ3) is 2.29. The van der Waals surface area contributed by atoms with E-state index in [-0.39, 0.29) is 17.9 Å². The number of nitrogens with zero attached hydrogens (tertiary/aromatic N) is 4. The highest BCUT2D eigenvalue weighted by atomic mass is 32.1. The summed E-state index contributed by atoms with van der Waals surface area (Å²) in [5.74, 6) is 0.238. The number of hydrogen-bond donors (Lipinski definition) is 1. The summed E-state index contributed by atoms with van der Waals surface area (Å²) in [5, 5.41) is 2.04. The fraction of sp³-hybridized carbons (Fsp3) is 0.188. The third-order valence-electron chi connectivity index (χ3n) is 4.06. The summed E-state index contributed by atoms with van der Waals surface area (Å²) in [6.45, 7) is 0. The van der Waals surface area contributed by atoms with Crippen molar-refractivity contribution >= 4 is 28.9 Å². The van der Waals surface area contributed by atoms with Crippen molar-refractivity contribution in [2.24, 2.45) is 10.7 Å². The molecule has 1 unspecified atom stereocenters. The number of hydrogen-bond acceptors (Lipinski definition) is 5. The number of guanidine groups is 1. The van der Waals surface area contributed by atoms with Crippen LogP contribution in [0.2, 0.25) is 0 Å². The minimum Gasteiger partial charge on any atom is -0.369 e. The molecule has 1 aliphatic heterocycles. The lowest BCUT2D eigenvalue weighted by Gasteiger charge is -2.25. The minimum absolute atomic E-state index is 0.0216. The van der Waals surface area contributed by atoms with Crippen LogP contribution in [0, 0.1) is 0 Å². The van der Waals surface area contributed by atoms with Gasteiger partial charge in [-0.3, -0.25) is 14.1 Å². The molecule has 1 amide bonds. The number of carbonyl (C=O) groups excluding carboxylic acids is 1. The van der Waals surface area contributed by atoms with Gasteiger partial charge in [-0.25, -0.2) is 9.98 Å². The van der Waals surface area contributed by atoms with E-state index in [0.29, 0.717) is 6.42 Å². The second-order valence-corrected chi connectivity index (χ2v) is 6.42. The van der Waals surface area contributed by atoms with Gasteiger partial charge in [0.15, 0.2) is 5.96 Å². The monoisotopic (exact) mass is 325 g/mol. The molecule has 0 radical (unpaired) electrons. The number of rotatable bonds is 2. The van der Waals surface area contributed by atoms with E-state index in [1.54, 1.807) is 18.4 Å². The molecule has 3 aromatic rings. The smallest absolute Gasteiger partial charge is 0.231 e. The zero-order valence-electron chi connectivity index (χ0n) is 12.5. The van der Waals surface area contributed by atoms with E-state index in [1.165, 1.54) is 4.90 Å². The van der Waals surface area contributed by atoms with E-state index in [0.717, 1.165) is 21.8 Å². The van der Waals surface area contributed by atoms with E-state index in [1.807, 2.05) is 40.4 Å². The Labute approximate surface area is 136 Å². The number of imidazole rings is 1. The first-order valence-corrected chi connectivity index (χ1v) is 8.12. The first-order chi connectivity index (χ1) is 11.1. The van der Waals surface area contributed by atoms with Gasteiger partial charge in [0.2, 0.25) is 5.91 Å². The highest BCUT2D eigenvalue weighted by molar-refractivity contribution is 7.13. The summed E-state index contributed by atoms with van der Waals surface area (Å²) >= 11 is 1.67. The highest BCUT2D eigenvalue weighted by Gasteiger charge is 2.26. The Hall–Kier alpha value is -2.67. The summed E-state index contributed by atoms with van der Waals surface area (Å²) in [5.41, 5.74) is 8.69. The van der Waals surface area contributed by atoms with Crippen LogP contribution in [0.5, 0.6) is 0 Å². The number of thiophene rings is 1. The molecule has 0 aromatic carbocycles. The second-order valence-electron chi connectivity index (χ2n) is 5.47. The molecule has 0 saturated heterocycles. The molecule has 0 spiro atoms. The molecule has 0 bridgehead atoms. The van der Waals surface area contributed by atoms with Crippen molar-refractivity contribution in [3.63, 3.8) is 0 Å². The number of nitrogens with two attached hydrogens (primary N) is 1. The van der Waals surface area contributed by atoms with Crippen LogP contribution in [0.25, 0.3) is 16.2 Å². The summed E-state index contributed by atoms with van der Waals surface area (Å²) in [7, 11) is 1.64. The lowest BCUT2D eigenvalue weighted by Crippen LogP contribution is -2.42. The van der Waals surface area contributed by atoms with E-state index in [4.69, 9.17) is 5.73 Å². The molecule has 3 aromatic heterocycles. The maximum Gasteiger partial charge on any atom is 0.231 e. The maximum absolute atomic E-state index is 12.0. The SMILES string of the molecule is CN1C(=O)CC(c2ccc3ncc(-c4cccs4)n3c2)N=C1N. The van der Waals surface area contributed by atoms with Crippen LogP contribution in [-0.4, -0.2) is 33.2 Å². The first kappa shape index (κ1) is 14.0. The summed E-state index contributed by atoms with van der Waals surface area (Å²) in [4.78, 5) is 23.4. The van der Waals surface area contributed by atoms with Crippen LogP contribution in [0.3, 0.4) is 0 Å². The normalized spacial score (nSPS) is 18.5. The molecule has 4 rings (SSSR count). The summed E-state index contributed by atoms with van der Waals surface area (Å²) in [6, 6.07) is 7.74. The molecule has 7 heteroatoms. The molecule has 1 atom stereocenters. The van der Waals surface area contributed by atoms with Gasteiger partial charge in [0.25, 0.3) is 0 Å². The molecule has 0 saturated carbocycles. The predicted molar refractivity (Wildman–Crippen MR) is 90.3 cm³/mol. The van der Waals surface area contributed by atoms with Crippen LogP contribution in [0.15, 0.2) is 47.0 Å². The van der Waals surface area contributed by atoms with Crippen molar-refractivity contribution in [3.8, 4) is 10.6 Å². The topological polar surface area (TPSA) is 76.0 Å². The fourth-order valence-corrected chi connectivity index (χ4v) is 3.45. The summed E-state index contributed by atoms with van der Waals surface area (Å²) in [6.07, 6.45) is 4.19. The molecule has 23 heavy (non-hydrogen) atoms. The number of amides is 1. The Kier molecular flexibility index (Phi) is 3.16. The molecule has 4 heterocycles. The molecule has 1 aliphatic rings. The van der Waals surface area contributed by atoms with Gasteiger partial charge in [-0.05, 0) is 23.1 Å². The lowest BCUT2D eigenvalue weighted by molar-refractivity contribution is -0.127. The van der Waals surface area contributed by atoms with Crippen molar-refractivity contribution in [2.45, 2.75) is 12.5 Å². The van der Waals surface area contributed by atoms with Gasteiger partial charge >= 0.3 is 0 Å². The van der Waals surface area contributed by atoms with Crippen molar-refractivity contribution < 1.29 is 4.79 Å². The Morgan fingerprint density at radius 3 is 2.96 bits per heavy atom. The van der Waals surface area contributed by atoms with E-state index in [9.17, 15) is 4.79 Å². The molecule has 116 valence electrons. The molecular formula is C16H15N5OS. The number of fused-ring (bicyclic) bond motifs is 1. The van der Waals surface area contributed by atoms with Crippen LogP contribution in [0.4, 0.5) is 0 Å². The van der Waals surface area contributed by atoms with Crippen molar-refractivity contribution in [1.29, 1.82) is 0 Å². The van der Waals surface area contributed by atoms with Crippen LogP contribution >= 0.6 is 11.3 Å². The van der Waals surface area contributed by atoms with Gasteiger partial charge in [0, 0.05) is 13.2 Å². The zero-order valence-corrected chi connectivity index (χ0v) is 13.3. The fourth-order valence-electron chi connectivity index (χ4n) is 2.72. The second kappa shape index (κ2) is 5.20. The highest BCUT2D eigenvalue weighted by Crippen LogP contribution is 2.29. The Morgan fingerprint density at radius 2 is 2.22 bits per heavy atom. The number of aromatic nitrogens is 2. The Balaban J connectivity index is 1.80. The van der Waals surface area contributed by atoms with Crippen LogP contribution in [0.1, 0.15) is 18.0 Å². The Bertz CT molecular complexity index is 912. The minimum atomic E-state index is -0.248. The molecule has 0 aliphatic carbocycles. The van der Waals surface area contributed by atoms with Crippen molar-refractivity contribution in [3.05, 3.63) is 47.6 Å². The van der Waals surface area contributed by atoms with Gasteiger partial charge < -0.3 is 5.73 Å². The third-order valence-corrected chi connectivity index (χ3v) is 4.95. The van der Waals surface area contributed by atoms with E-state index in [2.05, 4.69) is 16.0 Å². The number of aliphatic imine (C=N–C) groups is 1. The van der Waals surface area contributed by atoms with E-state index < -0.39 is 0 Å². The van der Waals surface area contributed by atoms with E-state index >= 15 is 0 Å². The predicted octanol–water partition coefficient (Wildman–Crippen LogP) is 2.28. The largest absolute Gasteiger partial charge is 0.369 e. The van der Waals surface area contributed by atoms with Gasteiger partial charge in [0.05, 0.1) is 29.2 Å². The zero-order chi connectivity index (χ0) is 16.0. The molecular weight excluding hydrogens is 310 g/mol. The molecule has 0 fully saturated rings. The lowest BCUT2D eigenvalue weighted by atomic mass is 10.0. The average Bonchev–Trinajstić information content (AvgIpc) is 3.20. The van der Waals surface area contributed by atoms with Gasteiger partial charge in [-0.15, -0.1) is 11.3 Å². The van der Waals surface area contributed by atoms with Gasteiger partial charge in [-0.1, -0.05) is 12.1 Å². The van der Waals surface area contributed by atoms with Crippen LogP contribution in [-0.2, 0) is 4.79 Å². The molecule has 6 nitrogen and oxygen atoms in total. The van der Waals surface area contributed by atoms with Gasteiger partial charge in [0.1, 0.15) is 5.65 Å². The number of carbonyl (C=O) groups is 1. The van der Waals surface area contributed by atoms with Crippen molar-refractivity contribution in [1.82, 2.24) is 14.3 Å². The Morgan fingerprint density at radius 1 is 1.35 bits per heavy atom. The van der Waals surface area contributed by atoms with Gasteiger partial charge in [-0.2, -0.15) is 0 Å². The maximum atomic E-state index is 12.0.